The number of carbonyl (C=O) groups excluding carboxylic acids is 4. The maximum atomic E-state index is 12.5. The smallest absolute Gasteiger partial charge is 0.256 e. The molecule has 1 aliphatic carbocycles. The van der Waals surface area contributed by atoms with Crippen LogP contribution in [0.1, 0.15) is 83.5 Å². The Hall–Kier alpha value is -6.03. The first-order chi connectivity index (χ1) is 25.2. The monoisotopic (exact) mass is 709 g/mol. The van der Waals surface area contributed by atoms with Crippen LogP contribution in [0.15, 0.2) is 89.6 Å². The summed E-state index contributed by atoms with van der Waals surface area (Å²) in [6.45, 7) is 12.5. The van der Waals surface area contributed by atoms with Crippen molar-refractivity contribution in [2.24, 2.45) is 5.92 Å². The van der Waals surface area contributed by atoms with E-state index in [4.69, 9.17) is 4.52 Å². The number of nitrogens with zero attached hydrogens (tertiary/aromatic N) is 1. The van der Waals surface area contributed by atoms with E-state index in [1.165, 1.54) is 19.1 Å². The van der Waals surface area contributed by atoms with E-state index >= 15 is 0 Å². The Morgan fingerprint density at radius 1 is 0.717 bits per heavy atom. The average molecular weight is 710 g/mol. The van der Waals surface area contributed by atoms with E-state index in [9.17, 15) is 19.2 Å². The highest BCUT2D eigenvalue weighted by atomic mass is 16.5. The minimum atomic E-state index is -0.539. The van der Waals surface area contributed by atoms with Crippen LogP contribution >= 0.6 is 0 Å². The van der Waals surface area contributed by atoms with Gasteiger partial charge in [0.1, 0.15) is 6.26 Å². The van der Waals surface area contributed by atoms with E-state index in [0.29, 0.717) is 22.9 Å². The van der Waals surface area contributed by atoms with Gasteiger partial charge in [0.15, 0.2) is 5.82 Å². The zero-order valence-electron chi connectivity index (χ0n) is 30.8. The van der Waals surface area contributed by atoms with Crippen LogP contribution in [0.2, 0.25) is 0 Å². The van der Waals surface area contributed by atoms with Crippen molar-refractivity contribution >= 4 is 40.8 Å². The molecule has 3 aliphatic rings. The number of nitrogens with one attached hydrogen (secondary N) is 4. The molecule has 1 aromatic heterocycles. The van der Waals surface area contributed by atoms with E-state index in [2.05, 4.69) is 26.4 Å². The summed E-state index contributed by atoms with van der Waals surface area (Å²) >= 11 is 0. The fraction of sp³-hybridized carbons (Fsp3) is 0.279. The standard InChI is InChI=1S/C22H24N2O2.C21H19N3O3/c1-13-4-7-16(20(25)23-12-14-5-6-14)10-17(13)15-8-9-18-19(11-15)24-21(26)22(18,2)3;1-12-4-5-14(19(25)23-18-8-9-27-24-18)10-15(12)13-6-7-16-17(11-13)22-20(26)21(16,2)3/h4,7-11,14H,5-6,12H2,1-3H3,(H,23,25)(H,24,26);4-11H,1-3H3,(H,22,26)(H,23,24,25). The van der Waals surface area contributed by atoms with Gasteiger partial charge in [-0.05, 0) is 141 Å². The van der Waals surface area contributed by atoms with Gasteiger partial charge >= 0.3 is 0 Å². The van der Waals surface area contributed by atoms with Crippen LogP contribution in [-0.4, -0.2) is 35.3 Å². The van der Waals surface area contributed by atoms with E-state index < -0.39 is 10.8 Å². The second kappa shape index (κ2) is 13.5. The maximum Gasteiger partial charge on any atom is 0.256 e. The number of anilines is 3. The summed E-state index contributed by atoms with van der Waals surface area (Å²) in [5.74, 6) is 0.758. The molecule has 3 heterocycles. The molecule has 53 heavy (non-hydrogen) atoms. The number of carbonyl (C=O) groups is 4. The van der Waals surface area contributed by atoms with Crippen LogP contribution in [0, 0.1) is 19.8 Å². The van der Waals surface area contributed by atoms with Crippen molar-refractivity contribution in [2.75, 3.05) is 22.5 Å². The molecule has 0 bridgehead atoms. The number of aromatic nitrogens is 1. The second-order valence-electron chi connectivity index (χ2n) is 15.2. The predicted octanol–water partition coefficient (Wildman–Crippen LogP) is 8.16. The molecule has 1 fully saturated rings. The van der Waals surface area contributed by atoms with Crippen molar-refractivity contribution in [1.82, 2.24) is 10.5 Å². The first-order valence-corrected chi connectivity index (χ1v) is 17.9. The quantitative estimate of drug-likeness (QED) is 0.134. The third-order valence-electron chi connectivity index (χ3n) is 10.6. The Morgan fingerprint density at radius 2 is 1.23 bits per heavy atom. The number of hydrogen-bond donors (Lipinski definition) is 4. The van der Waals surface area contributed by atoms with Crippen LogP contribution in [0.4, 0.5) is 17.2 Å². The number of rotatable bonds is 7. The zero-order chi connectivity index (χ0) is 37.7. The largest absolute Gasteiger partial charge is 0.363 e. The van der Waals surface area contributed by atoms with E-state index in [1.54, 1.807) is 12.1 Å². The molecule has 5 aromatic rings. The summed E-state index contributed by atoms with van der Waals surface area (Å²) in [6.07, 6.45) is 3.84. The Balaban J connectivity index is 0.000000164. The molecule has 10 nitrogen and oxygen atoms in total. The minimum Gasteiger partial charge on any atom is -0.363 e. The third kappa shape index (κ3) is 6.96. The molecule has 1 saturated carbocycles. The van der Waals surface area contributed by atoms with Gasteiger partial charge < -0.3 is 25.8 Å². The third-order valence-corrected chi connectivity index (χ3v) is 10.6. The van der Waals surface area contributed by atoms with Crippen molar-refractivity contribution in [1.29, 1.82) is 0 Å². The number of amides is 4. The van der Waals surface area contributed by atoms with E-state index in [1.807, 2.05) is 108 Å². The van der Waals surface area contributed by atoms with Crippen molar-refractivity contribution in [3.63, 3.8) is 0 Å². The van der Waals surface area contributed by atoms with Crippen molar-refractivity contribution in [2.45, 2.75) is 65.2 Å². The lowest BCUT2D eigenvalue weighted by Crippen LogP contribution is -2.26. The van der Waals surface area contributed by atoms with Gasteiger partial charge in [-0.25, -0.2) is 0 Å². The Kier molecular flexibility index (Phi) is 9.01. The highest BCUT2D eigenvalue weighted by Gasteiger charge is 2.39. The molecular formula is C43H43N5O5. The van der Waals surface area contributed by atoms with Gasteiger partial charge in [-0.2, -0.15) is 0 Å². The van der Waals surface area contributed by atoms with Crippen LogP contribution in [-0.2, 0) is 20.4 Å². The van der Waals surface area contributed by atoms with E-state index in [0.717, 1.165) is 62.4 Å². The predicted molar refractivity (Wildman–Crippen MR) is 206 cm³/mol. The molecule has 4 aromatic carbocycles. The zero-order valence-corrected chi connectivity index (χ0v) is 30.8. The van der Waals surface area contributed by atoms with Crippen LogP contribution in [0.3, 0.4) is 0 Å². The Labute approximate surface area is 308 Å². The number of benzene rings is 4. The molecule has 270 valence electrons. The lowest BCUT2D eigenvalue weighted by molar-refractivity contribution is -0.120. The van der Waals surface area contributed by atoms with Gasteiger partial charge in [0, 0.05) is 35.1 Å². The lowest BCUT2D eigenvalue weighted by atomic mass is 9.85. The fourth-order valence-electron chi connectivity index (χ4n) is 6.80. The molecule has 0 radical (unpaired) electrons. The van der Waals surface area contributed by atoms with Gasteiger partial charge in [-0.1, -0.05) is 41.6 Å². The molecule has 4 N–H and O–H groups in total. The second-order valence-corrected chi connectivity index (χ2v) is 15.2. The first kappa shape index (κ1) is 35.4. The molecule has 2 aliphatic heterocycles. The molecule has 0 spiro atoms. The van der Waals surface area contributed by atoms with Crippen molar-refractivity contribution in [3.05, 3.63) is 119 Å². The van der Waals surface area contributed by atoms with Gasteiger partial charge in [-0.15, -0.1) is 0 Å². The van der Waals surface area contributed by atoms with Gasteiger partial charge in [0.25, 0.3) is 11.8 Å². The highest BCUT2D eigenvalue weighted by Crippen LogP contribution is 2.41. The van der Waals surface area contributed by atoms with Crippen LogP contribution < -0.4 is 21.3 Å². The Bertz CT molecular complexity index is 2280. The SMILES string of the molecule is Cc1ccc(C(=O)NCC2CC2)cc1-c1ccc2c(c1)NC(=O)C2(C)C.Cc1ccc(C(=O)Nc2ccon2)cc1-c1ccc2c(c1)NC(=O)C2(C)C. The van der Waals surface area contributed by atoms with Gasteiger partial charge in [-0.3, -0.25) is 19.2 Å². The fourth-order valence-corrected chi connectivity index (χ4v) is 6.80. The van der Waals surface area contributed by atoms with E-state index in [-0.39, 0.29) is 23.6 Å². The summed E-state index contributed by atoms with van der Waals surface area (Å²) in [6, 6.07) is 24.9. The number of aryl methyl sites for hydroxylation is 2. The number of fused-ring (bicyclic) bond motifs is 2. The Morgan fingerprint density at radius 3 is 1.70 bits per heavy atom. The average Bonchev–Trinajstić information content (AvgIpc) is 3.69. The van der Waals surface area contributed by atoms with Crippen molar-refractivity contribution < 1.29 is 23.7 Å². The molecule has 0 saturated heterocycles. The lowest BCUT2D eigenvalue weighted by Gasteiger charge is -2.15. The normalized spacial score (nSPS) is 16.0. The molecular weight excluding hydrogens is 667 g/mol. The van der Waals surface area contributed by atoms with Gasteiger partial charge in [0.2, 0.25) is 11.8 Å². The topological polar surface area (TPSA) is 142 Å². The summed E-state index contributed by atoms with van der Waals surface area (Å²) in [5, 5.41) is 15.3. The molecule has 8 rings (SSSR count). The summed E-state index contributed by atoms with van der Waals surface area (Å²) in [7, 11) is 0. The molecule has 4 amide bonds. The maximum absolute atomic E-state index is 12.5. The summed E-state index contributed by atoms with van der Waals surface area (Å²) in [5.41, 5.74) is 9.88. The summed E-state index contributed by atoms with van der Waals surface area (Å²) in [4.78, 5) is 49.3. The van der Waals surface area contributed by atoms with Crippen LogP contribution in [0.25, 0.3) is 22.3 Å². The highest BCUT2D eigenvalue weighted by molar-refractivity contribution is 6.08. The first-order valence-electron chi connectivity index (χ1n) is 17.9. The minimum absolute atomic E-state index is 0.00730. The van der Waals surface area contributed by atoms with Crippen LogP contribution in [0.5, 0.6) is 0 Å². The van der Waals surface area contributed by atoms with Crippen molar-refractivity contribution in [3.8, 4) is 22.3 Å². The molecule has 0 unspecified atom stereocenters. The summed E-state index contributed by atoms with van der Waals surface area (Å²) < 4.78 is 4.73. The van der Waals surface area contributed by atoms with Gasteiger partial charge in [0.05, 0.1) is 10.8 Å². The molecule has 0 atom stereocenters. The molecule has 10 heteroatoms. The number of hydrogen-bond acceptors (Lipinski definition) is 6.